The summed E-state index contributed by atoms with van der Waals surface area (Å²) >= 11 is 0. The topological polar surface area (TPSA) is 54.6 Å². The van der Waals surface area contributed by atoms with Crippen LogP contribution in [0.4, 0.5) is 4.39 Å². The molecular weight excluding hydrogens is 211 g/mol. The fraction of sp³-hybridized carbons (Fsp3) is 0.273. The molecule has 1 N–H and O–H groups in total. The molecule has 84 valence electrons. The second-order valence-electron chi connectivity index (χ2n) is 3.88. The van der Waals surface area contributed by atoms with E-state index in [1.54, 1.807) is 0 Å². The summed E-state index contributed by atoms with van der Waals surface area (Å²) in [5.41, 5.74) is 0.949. The average molecular weight is 222 g/mol. The number of aromatic carboxylic acids is 1. The second kappa shape index (κ2) is 3.59. The molecule has 0 aliphatic carbocycles. The van der Waals surface area contributed by atoms with Crippen molar-refractivity contribution in [3.05, 3.63) is 35.5 Å². The van der Waals surface area contributed by atoms with Crippen molar-refractivity contribution >= 4 is 11.6 Å². The fourth-order valence-electron chi connectivity index (χ4n) is 1.75. The molecule has 2 aromatic rings. The first-order valence-corrected chi connectivity index (χ1v) is 4.91. The van der Waals surface area contributed by atoms with Gasteiger partial charge in [0.2, 0.25) is 0 Å². The molecule has 5 heteroatoms. The highest BCUT2D eigenvalue weighted by Gasteiger charge is 2.20. The highest BCUT2D eigenvalue weighted by atomic mass is 19.1. The van der Waals surface area contributed by atoms with E-state index < -0.39 is 11.8 Å². The molecule has 2 rings (SSSR count). The van der Waals surface area contributed by atoms with E-state index in [9.17, 15) is 9.18 Å². The van der Waals surface area contributed by atoms with Crippen molar-refractivity contribution in [2.24, 2.45) is 0 Å². The molecule has 2 aromatic heterocycles. The molecule has 0 aliphatic rings. The lowest BCUT2D eigenvalue weighted by Crippen LogP contribution is -2.05. The van der Waals surface area contributed by atoms with E-state index in [2.05, 4.69) is 4.98 Å². The van der Waals surface area contributed by atoms with Gasteiger partial charge < -0.3 is 5.11 Å². The Morgan fingerprint density at radius 1 is 1.50 bits per heavy atom. The van der Waals surface area contributed by atoms with Crippen molar-refractivity contribution in [3.8, 4) is 0 Å². The Kier molecular flexibility index (Phi) is 2.38. The van der Waals surface area contributed by atoms with E-state index in [1.165, 1.54) is 22.7 Å². The van der Waals surface area contributed by atoms with Gasteiger partial charge in [-0.05, 0) is 18.1 Å². The minimum Gasteiger partial charge on any atom is -0.476 e. The molecule has 0 aromatic carbocycles. The van der Waals surface area contributed by atoms with E-state index in [0.717, 1.165) is 0 Å². The summed E-state index contributed by atoms with van der Waals surface area (Å²) in [6.07, 6.45) is 1.25. The van der Waals surface area contributed by atoms with Crippen LogP contribution >= 0.6 is 0 Å². The summed E-state index contributed by atoms with van der Waals surface area (Å²) in [4.78, 5) is 15.0. The minimum absolute atomic E-state index is 0.0133. The van der Waals surface area contributed by atoms with Crippen LogP contribution in [0, 0.1) is 5.82 Å². The fourth-order valence-corrected chi connectivity index (χ4v) is 1.75. The molecule has 16 heavy (non-hydrogen) atoms. The van der Waals surface area contributed by atoms with Crippen LogP contribution in [0.3, 0.4) is 0 Å². The minimum atomic E-state index is -1.09. The van der Waals surface area contributed by atoms with Crippen LogP contribution in [0.15, 0.2) is 18.3 Å². The van der Waals surface area contributed by atoms with Crippen LogP contribution in [0.1, 0.15) is 35.9 Å². The van der Waals surface area contributed by atoms with Gasteiger partial charge in [0.1, 0.15) is 11.5 Å². The van der Waals surface area contributed by atoms with Gasteiger partial charge in [-0.3, -0.25) is 4.40 Å². The largest absolute Gasteiger partial charge is 0.476 e. The molecule has 0 saturated carbocycles. The van der Waals surface area contributed by atoms with Crippen molar-refractivity contribution in [2.75, 3.05) is 0 Å². The number of nitrogens with zero attached hydrogens (tertiary/aromatic N) is 2. The van der Waals surface area contributed by atoms with E-state index in [1.807, 2.05) is 13.8 Å². The standard InChI is InChI=1S/C11H11FN2O2/c1-6(2)10-9(11(15)16)13-8-4-3-7(12)5-14(8)10/h3-6H,1-2H3,(H,15,16). The maximum absolute atomic E-state index is 13.1. The Morgan fingerprint density at radius 2 is 2.19 bits per heavy atom. The molecule has 2 heterocycles. The van der Waals surface area contributed by atoms with E-state index in [-0.39, 0.29) is 11.6 Å². The Balaban J connectivity index is 2.82. The first-order valence-electron chi connectivity index (χ1n) is 4.91. The van der Waals surface area contributed by atoms with Gasteiger partial charge in [0, 0.05) is 6.20 Å². The smallest absolute Gasteiger partial charge is 0.356 e. The van der Waals surface area contributed by atoms with E-state index >= 15 is 0 Å². The zero-order chi connectivity index (χ0) is 11.9. The Morgan fingerprint density at radius 3 is 2.75 bits per heavy atom. The number of carbonyl (C=O) groups is 1. The second-order valence-corrected chi connectivity index (χ2v) is 3.88. The number of fused-ring (bicyclic) bond motifs is 1. The third kappa shape index (κ3) is 1.54. The highest BCUT2D eigenvalue weighted by Crippen LogP contribution is 2.21. The number of aromatic nitrogens is 2. The summed E-state index contributed by atoms with van der Waals surface area (Å²) < 4.78 is 14.6. The summed E-state index contributed by atoms with van der Waals surface area (Å²) in [7, 11) is 0. The molecule has 0 bridgehead atoms. The van der Waals surface area contributed by atoms with Gasteiger partial charge in [0.25, 0.3) is 0 Å². The number of halogens is 1. The number of carboxylic acid groups (broad SMARTS) is 1. The van der Waals surface area contributed by atoms with Crippen LogP contribution in [0.2, 0.25) is 0 Å². The third-order valence-electron chi connectivity index (χ3n) is 2.37. The lowest BCUT2D eigenvalue weighted by molar-refractivity contribution is 0.0689. The number of imidazole rings is 1. The molecule has 0 radical (unpaired) electrons. The molecule has 0 aliphatic heterocycles. The molecule has 0 fully saturated rings. The maximum Gasteiger partial charge on any atom is 0.356 e. The Bertz CT molecular complexity index is 560. The molecule has 4 nitrogen and oxygen atoms in total. The van der Waals surface area contributed by atoms with Gasteiger partial charge in [-0.25, -0.2) is 14.2 Å². The van der Waals surface area contributed by atoms with E-state index in [4.69, 9.17) is 5.11 Å². The molecule has 0 atom stereocenters. The summed E-state index contributed by atoms with van der Waals surface area (Å²) in [5, 5.41) is 9.02. The molecular formula is C11H11FN2O2. The third-order valence-corrected chi connectivity index (χ3v) is 2.37. The van der Waals surface area contributed by atoms with Crippen molar-refractivity contribution in [1.29, 1.82) is 0 Å². The maximum atomic E-state index is 13.1. The van der Waals surface area contributed by atoms with Gasteiger partial charge in [-0.1, -0.05) is 13.8 Å². The van der Waals surface area contributed by atoms with Crippen molar-refractivity contribution in [1.82, 2.24) is 9.38 Å². The average Bonchev–Trinajstić information content (AvgIpc) is 2.55. The van der Waals surface area contributed by atoms with Crippen LogP contribution in [0.25, 0.3) is 5.65 Å². The summed E-state index contributed by atoms with van der Waals surface area (Å²) in [6.45, 7) is 3.70. The van der Waals surface area contributed by atoms with Gasteiger partial charge in [0.15, 0.2) is 5.69 Å². The zero-order valence-corrected chi connectivity index (χ0v) is 8.94. The van der Waals surface area contributed by atoms with Crippen LogP contribution < -0.4 is 0 Å². The normalized spacial score (nSPS) is 11.2. The van der Waals surface area contributed by atoms with E-state index in [0.29, 0.717) is 11.3 Å². The van der Waals surface area contributed by atoms with Crippen LogP contribution in [0.5, 0.6) is 0 Å². The summed E-state index contributed by atoms with van der Waals surface area (Å²) in [5.74, 6) is -1.54. The van der Waals surface area contributed by atoms with Gasteiger partial charge in [-0.15, -0.1) is 0 Å². The summed E-state index contributed by atoms with van der Waals surface area (Å²) in [6, 6.07) is 2.73. The van der Waals surface area contributed by atoms with Crippen LogP contribution in [-0.4, -0.2) is 20.5 Å². The van der Waals surface area contributed by atoms with Gasteiger partial charge in [0.05, 0.1) is 5.69 Å². The van der Waals surface area contributed by atoms with Crippen molar-refractivity contribution < 1.29 is 14.3 Å². The zero-order valence-electron chi connectivity index (χ0n) is 8.94. The number of hydrogen-bond acceptors (Lipinski definition) is 2. The number of pyridine rings is 1. The SMILES string of the molecule is CC(C)c1c(C(=O)O)nc2ccc(F)cn12. The van der Waals surface area contributed by atoms with Gasteiger partial charge >= 0.3 is 5.97 Å². The predicted molar refractivity (Wildman–Crippen MR) is 56.2 cm³/mol. The number of hydrogen-bond donors (Lipinski definition) is 1. The molecule has 0 saturated heterocycles. The highest BCUT2D eigenvalue weighted by molar-refractivity contribution is 5.88. The monoisotopic (exact) mass is 222 g/mol. The quantitative estimate of drug-likeness (QED) is 0.848. The van der Waals surface area contributed by atoms with Crippen LogP contribution in [-0.2, 0) is 0 Å². The number of rotatable bonds is 2. The number of carboxylic acids is 1. The van der Waals surface area contributed by atoms with Gasteiger partial charge in [-0.2, -0.15) is 0 Å². The Labute approximate surface area is 91.4 Å². The van der Waals surface area contributed by atoms with Crippen molar-refractivity contribution in [2.45, 2.75) is 19.8 Å². The van der Waals surface area contributed by atoms with Crippen molar-refractivity contribution in [3.63, 3.8) is 0 Å². The lowest BCUT2D eigenvalue weighted by atomic mass is 10.1. The lowest BCUT2D eigenvalue weighted by Gasteiger charge is -2.05. The first kappa shape index (κ1) is 10.6. The first-order chi connectivity index (χ1) is 7.50. The molecule has 0 spiro atoms. The molecule has 0 amide bonds. The Hall–Kier alpha value is -1.91. The predicted octanol–water partition coefficient (Wildman–Crippen LogP) is 2.29. The molecule has 0 unspecified atom stereocenters.